The Morgan fingerprint density at radius 1 is 0.760 bits per heavy atom. The average molecular weight is 343 g/mol. The van der Waals surface area contributed by atoms with E-state index in [1.807, 2.05) is 55.5 Å². The first-order chi connectivity index (χ1) is 12.0. The molecule has 3 rings (SSSR count). The highest BCUT2D eigenvalue weighted by atomic mass is 19.4. The molecule has 0 saturated heterocycles. The molecule has 2 nitrogen and oxygen atoms in total. The number of hydrogen-bond donors (Lipinski definition) is 0. The summed E-state index contributed by atoms with van der Waals surface area (Å²) in [6.45, 7) is 2.55. The van der Waals surface area contributed by atoms with Gasteiger partial charge in [-0.1, -0.05) is 42.5 Å². The maximum Gasteiger partial charge on any atom is 0.433 e. The van der Waals surface area contributed by atoms with Gasteiger partial charge in [0.1, 0.15) is 11.4 Å². The predicted molar refractivity (Wildman–Crippen MR) is 91.3 cm³/mol. The molecule has 0 aliphatic carbocycles. The van der Waals surface area contributed by atoms with E-state index < -0.39 is 11.9 Å². The normalized spacial score (nSPS) is 11.4. The number of alkyl halides is 3. The maximum atomic E-state index is 12.6. The number of benzene rings is 2. The van der Waals surface area contributed by atoms with Crippen molar-refractivity contribution in [2.45, 2.75) is 13.1 Å². The number of pyridine rings is 1. The van der Waals surface area contributed by atoms with E-state index in [1.165, 1.54) is 12.3 Å². The fourth-order valence-corrected chi connectivity index (χ4v) is 2.50. The molecule has 0 aliphatic rings. The molecule has 1 heterocycles. The van der Waals surface area contributed by atoms with Crippen molar-refractivity contribution in [3.8, 4) is 28.0 Å². The van der Waals surface area contributed by atoms with Crippen molar-refractivity contribution in [1.29, 1.82) is 0 Å². The molecule has 0 spiro atoms. The molecule has 2 aromatic carbocycles. The van der Waals surface area contributed by atoms with Gasteiger partial charge in [-0.05, 0) is 41.8 Å². The number of rotatable bonds is 4. The molecule has 0 saturated carbocycles. The second-order valence-corrected chi connectivity index (χ2v) is 5.46. The van der Waals surface area contributed by atoms with Gasteiger partial charge >= 0.3 is 6.18 Å². The summed E-state index contributed by atoms with van der Waals surface area (Å²) < 4.78 is 43.1. The zero-order valence-corrected chi connectivity index (χ0v) is 13.5. The van der Waals surface area contributed by atoms with Gasteiger partial charge in [0.2, 0.25) is 0 Å². The van der Waals surface area contributed by atoms with Crippen molar-refractivity contribution >= 4 is 0 Å². The second-order valence-electron chi connectivity index (χ2n) is 5.46. The summed E-state index contributed by atoms with van der Waals surface area (Å²) in [5.41, 5.74) is 2.64. The van der Waals surface area contributed by atoms with Crippen LogP contribution in [0.4, 0.5) is 13.2 Å². The Hall–Kier alpha value is -2.82. The highest BCUT2D eigenvalue weighted by molar-refractivity contribution is 5.70. The van der Waals surface area contributed by atoms with Gasteiger partial charge in [-0.3, -0.25) is 4.98 Å². The number of hydrogen-bond acceptors (Lipinski definition) is 2. The van der Waals surface area contributed by atoms with Gasteiger partial charge in [-0.15, -0.1) is 0 Å². The van der Waals surface area contributed by atoms with Gasteiger partial charge in [-0.25, -0.2) is 0 Å². The third-order valence-electron chi connectivity index (χ3n) is 3.77. The van der Waals surface area contributed by atoms with Crippen LogP contribution in [0.1, 0.15) is 12.6 Å². The zero-order chi connectivity index (χ0) is 17.9. The molecule has 0 bridgehead atoms. The van der Waals surface area contributed by atoms with E-state index in [4.69, 9.17) is 4.74 Å². The largest absolute Gasteiger partial charge is 0.494 e. The Bertz CT molecular complexity index is 823. The lowest BCUT2D eigenvalue weighted by Gasteiger charge is -2.08. The van der Waals surface area contributed by atoms with Crippen LogP contribution in [-0.4, -0.2) is 11.6 Å². The number of nitrogens with zero attached hydrogens (tertiary/aromatic N) is 1. The Balaban J connectivity index is 1.80. The molecule has 3 aromatic rings. The minimum absolute atomic E-state index is 0.620. The second kappa shape index (κ2) is 6.97. The van der Waals surface area contributed by atoms with Gasteiger partial charge in [0, 0.05) is 11.8 Å². The van der Waals surface area contributed by atoms with Crippen LogP contribution in [0.25, 0.3) is 22.3 Å². The first kappa shape index (κ1) is 17.0. The Kier molecular flexibility index (Phi) is 4.74. The van der Waals surface area contributed by atoms with Crippen molar-refractivity contribution in [2.24, 2.45) is 0 Å². The molecule has 25 heavy (non-hydrogen) atoms. The van der Waals surface area contributed by atoms with Gasteiger partial charge < -0.3 is 4.74 Å². The highest BCUT2D eigenvalue weighted by Gasteiger charge is 2.32. The van der Waals surface area contributed by atoms with Crippen LogP contribution in [0.5, 0.6) is 5.75 Å². The Morgan fingerprint density at radius 3 is 1.68 bits per heavy atom. The minimum Gasteiger partial charge on any atom is -0.494 e. The zero-order valence-electron chi connectivity index (χ0n) is 13.5. The fraction of sp³-hybridized carbons (Fsp3) is 0.150. The molecular weight excluding hydrogens is 327 g/mol. The van der Waals surface area contributed by atoms with Crippen LogP contribution in [0, 0.1) is 0 Å². The number of ether oxygens (including phenoxy) is 1. The van der Waals surface area contributed by atoms with E-state index in [2.05, 4.69) is 4.98 Å². The molecule has 0 atom stereocenters. The molecule has 0 amide bonds. The third-order valence-corrected chi connectivity index (χ3v) is 3.77. The molecule has 5 heteroatoms. The summed E-state index contributed by atoms with van der Waals surface area (Å²) in [7, 11) is 0. The van der Waals surface area contributed by atoms with E-state index in [0.29, 0.717) is 12.2 Å². The first-order valence-electron chi connectivity index (χ1n) is 7.84. The molecule has 0 fully saturated rings. The quantitative estimate of drug-likeness (QED) is 0.594. The van der Waals surface area contributed by atoms with Crippen molar-refractivity contribution < 1.29 is 17.9 Å². The van der Waals surface area contributed by atoms with Gasteiger partial charge in [0.25, 0.3) is 0 Å². The summed E-state index contributed by atoms with van der Waals surface area (Å²) in [6.07, 6.45) is -3.18. The van der Waals surface area contributed by atoms with Crippen molar-refractivity contribution in [3.05, 3.63) is 72.6 Å². The van der Waals surface area contributed by atoms with E-state index in [9.17, 15) is 13.2 Å². The molecule has 0 aliphatic heterocycles. The van der Waals surface area contributed by atoms with Crippen molar-refractivity contribution in [1.82, 2.24) is 4.98 Å². The van der Waals surface area contributed by atoms with E-state index in [1.54, 1.807) is 0 Å². The molecule has 0 radical (unpaired) electrons. The topological polar surface area (TPSA) is 22.1 Å². The molecule has 1 aromatic heterocycles. The Labute approximate surface area is 143 Å². The minimum atomic E-state index is -4.42. The van der Waals surface area contributed by atoms with E-state index in [-0.39, 0.29) is 0 Å². The van der Waals surface area contributed by atoms with E-state index in [0.717, 1.165) is 28.5 Å². The standard InChI is InChI=1S/C20H16F3NO/c1-2-25-18-10-7-15(8-11-18)14-3-5-16(6-4-14)17-9-12-19(24-13-17)20(21,22)23/h3-13H,2H2,1H3. The first-order valence-corrected chi connectivity index (χ1v) is 7.84. The Morgan fingerprint density at radius 2 is 1.24 bits per heavy atom. The van der Waals surface area contributed by atoms with Crippen LogP contribution < -0.4 is 4.74 Å². The van der Waals surface area contributed by atoms with Crippen LogP contribution in [0.3, 0.4) is 0 Å². The van der Waals surface area contributed by atoms with Crippen LogP contribution in [0.15, 0.2) is 66.9 Å². The lowest BCUT2D eigenvalue weighted by molar-refractivity contribution is -0.141. The number of aromatic nitrogens is 1. The van der Waals surface area contributed by atoms with Gasteiger partial charge in [0.05, 0.1) is 6.61 Å². The van der Waals surface area contributed by atoms with Gasteiger partial charge in [0.15, 0.2) is 0 Å². The highest BCUT2D eigenvalue weighted by Crippen LogP contribution is 2.30. The average Bonchev–Trinajstić information content (AvgIpc) is 2.62. The van der Waals surface area contributed by atoms with E-state index >= 15 is 0 Å². The maximum absolute atomic E-state index is 12.6. The monoisotopic (exact) mass is 343 g/mol. The van der Waals surface area contributed by atoms with Crippen LogP contribution >= 0.6 is 0 Å². The fourth-order valence-electron chi connectivity index (χ4n) is 2.50. The summed E-state index contributed by atoms with van der Waals surface area (Å²) in [5, 5.41) is 0. The van der Waals surface area contributed by atoms with Crippen molar-refractivity contribution in [2.75, 3.05) is 6.61 Å². The van der Waals surface area contributed by atoms with Crippen LogP contribution in [-0.2, 0) is 6.18 Å². The third kappa shape index (κ3) is 3.99. The molecule has 128 valence electrons. The smallest absolute Gasteiger partial charge is 0.433 e. The molecule has 0 unspecified atom stereocenters. The van der Waals surface area contributed by atoms with Gasteiger partial charge in [-0.2, -0.15) is 13.2 Å². The van der Waals surface area contributed by atoms with Crippen molar-refractivity contribution in [3.63, 3.8) is 0 Å². The summed E-state index contributed by atoms with van der Waals surface area (Å²) in [6, 6.07) is 17.8. The summed E-state index contributed by atoms with van der Waals surface area (Å²) >= 11 is 0. The van der Waals surface area contributed by atoms with Crippen LogP contribution in [0.2, 0.25) is 0 Å². The molecule has 0 N–H and O–H groups in total. The summed E-state index contributed by atoms with van der Waals surface area (Å²) in [4.78, 5) is 3.50. The molecular formula is C20H16F3NO. The SMILES string of the molecule is CCOc1ccc(-c2ccc(-c3ccc(C(F)(F)F)nc3)cc2)cc1. The summed E-state index contributed by atoms with van der Waals surface area (Å²) in [5.74, 6) is 0.818. The predicted octanol–water partition coefficient (Wildman–Crippen LogP) is 5.83. The number of halogens is 3. The lowest BCUT2D eigenvalue weighted by Crippen LogP contribution is -2.07. The lowest BCUT2D eigenvalue weighted by atomic mass is 10.0.